The van der Waals surface area contributed by atoms with Crippen molar-refractivity contribution in [1.29, 1.82) is 0 Å². The van der Waals surface area contributed by atoms with Gasteiger partial charge in [0.15, 0.2) is 5.82 Å². The van der Waals surface area contributed by atoms with Crippen LogP contribution in [0.25, 0.3) is 0 Å². The third-order valence-corrected chi connectivity index (χ3v) is 7.57. The van der Waals surface area contributed by atoms with Gasteiger partial charge in [-0.25, -0.2) is 17.8 Å². The molecule has 4 rings (SSSR count). The zero-order valence-electron chi connectivity index (χ0n) is 17.0. The fourth-order valence-corrected chi connectivity index (χ4v) is 5.71. The lowest BCUT2D eigenvalue weighted by Gasteiger charge is -2.28. The first-order valence-corrected chi connectivity index (χ1v) is 12.4. The minimum Gasteiger partial charge on any atom is -0.465 e. The van der Waals surface area contributed by atoms with Gasteiger partial charge in [0, 0.05) is 37.6 Å². The Morgan fingerprint density at radius 2 is 2.23 bits per heavy atom. The summed E-state index contributed by atoms with van der Waals surface area (Å²) in [4.78, 5) is 7.53. The quantitative estimate of drug-likeness (QED) is 0.537. The largest absolute Gasteiger partial charge is 0.465 e. The van der Waals surface area contributed by atoms with Gasteiger partial charge in [0.1, 0.15) is 22.2 Å². The number of hydrogen-bond acceptors (Lipinski definition) is 7. The molecule has 11 heteroatoms. The van der Waals surface area contributed by atoms with E-state index in [1.165, 1.54) is 28.3 Å². The van der Waals surface area contributed by atoms with Crippen molar-refractivity contribution in [3.05, 3.63) is 57.5 Å². The summed E-state index contributed by atoms with van der Waals surface area (Å²) >= 11 is 7.62. The summed E-state index contributed by atoms with van der Waals surface area (Å²) in [6.07, 6.45) is 0.875. The van der Waals surface area contributed by atoms with Gasteiger partial charge in [-0.05, 0) is 31.5 Å². The Morgan fingerprint density at radius 1 is 1.42 bits per heavy atom. The summed E-state index contributed by atoms with van der Waals surface area (Å²) in [6, 6.07) is 6.35. The summed E-state index contributed by atoms with van der Waals surface area (Å²) in [5, 5.41) is 1.69. The van der Waals surface area contributed by atoms with Crippen LogP contribution in [0, 0.1) is 12.7 Å². The molecule has 166 valence electrons. The standard InChI is InChI=1S/C20H22ClFN4O3S2/c1-13-3-4-15(29-13)10-26-6-5-14(9-26)25(2)18-8-17(22)19(7-16(18)21)31(27,28)24-20-11-30-12-23-20/h3-4,7-8,11-12,14,24H,5-6,9-10H2,1-2H3. The number of aromatic nitrogens is 1. The summed E-state index contributed by atoms with van der Waals surface area (Å²) in [7, 11) is -2.30. The van der Waals surface area contributed by atoms with Crippen molar-refractivity contribution >= 4 is 44.5 Å². The van der Waals surface area contributed by atoms with Gasteiger partial charge >= 0.3 is 0 Å². The van der Waals surface area contributed by atoms with Crippen molar-refractivity contribution in [2.75, 3.05) is 29.8 Å². The lowest BCUT2D eigenvalue weighted by Crippen LogP contribution is -2.34. The van der Waals surface area contributed by atoms with Gasteiger partial charge in [-0.2, -0.15) is 0 Å². The monoisotopic (exact) mass is 484 g/mol. The second kappa shape index (κ2) is 8.78. The maximum Gasteiger partial charge on any atom is 0.266 e. The Hall–Kier alpha value is -2.14. The highest BCUT2D eigenvalue weighted by atomic mass is 35.5. The molecule has 1 aliphatic rings. The predicted molar refractivity (Wildman–Crippen MR) is 120 cm³/mol. The minimum atomic E-state index is -4.14. The first-order valence-electron chi connectivity index (χ1n) is 9.63. The Bertz CT molecular complexity index is 1170. The van der Waals surface area contributed by atoms with E-state index in [1.54, 1.807) is 0 Å². The highest BCUT2D eigenvalue weighted by Crippen LogP contribution is 2.33. The molecule has 0 amide bonds. The van der Waals surface area contributed by atoms with Crippen LogP contribution in [-0.2, 0) is 16.6 Å². The smallest absolute Gasteiger partial charge is 0.266 e. The second-order valence-corrected chi connectivity index (χ2v) is 10.3. The van der Waals surface area contributed by atoms with Crippen LogP contribution in [0.4, 0.5) is 15.9 Å². The highest BCUT2D eigenvalue weighted by molar-refractivity contribution is 7.92. The van der Waals surface area contributed by atoms with E-state index in [1.807, 2.05) is 31.0 Å². The average Bonchev–Trinajstić information content (AvgIpc) is 3.46. The highest BCUT2D eigenvalue weighted by Gasteiger charge is 2.29. The van der Waals surface area contributed by atoms with Crippen molar-refractivity contribution < 1.29 is 17.2 Å². The normalized spacial score (nSPS) is 17.2. The zero-order chi connectivity index (χ0) is 22.2. The number of thiazole rings is 1. The topological polar surface area (TPSA) is 78.7 Å². The number of rotatable bonds is 7. The third-order valence-electron chi connectivity index (χ3n) is 5.31. The fourth-order valence-electron chi connectivity index (χ4n) is 3.71. The molecule has 2 aromatic heterocycles. The molecule has 0 radical (unpaired) electrons. The zero-order valence-corrected chi connectivity index (χ0v) is 19.4. The van der Waals surface area contributed by atoms with Crippen LogP contribution in [0.5, 0.6) is 0 Å². The molecule has 1 aliphatic heterocycles. The molecule has 31 heavy (non-hydrogen) atoms. The van der Waals surface area contributed by atoms with Crippen molar-refractivity contribution in [1.82, 2.24) is 9.88 Å². The summed E-state index contributed by atoms with van der Waals surface area (Å²) in [6.45, 7) is 4.26. The molecule has 1 atom stereocenters. The average molecular weight is 485 g/mol. The first kappa shape index (κ1) is 22.1. The van der Waals surface area contributed by atoms with Crippen molar-refractivity contribution in [2.24, 2.45) is 0 Å². The van der Waals surface area contributed by atoms with Gasteiger partial charge in [0.05, 0.1) is 22.8 Å². The fraction of sp³-hybridized carbons (Fsp3) is 0.350. The number of halogens is 2. The molecule has 3 heterocycles. The second-order valence-electron chi connectivity index (χ2n) is 7.51. The molecule has 0 saturated carbocycles. The van der Waals surface area contributed by atoms with Crippen LogP contribution in [0.15, 0.2) is 44.5 Å². The molecule has 1 aromatic carbocycles. The Balaban J connectivity index is 1.49. The first-order chi connectivity index (χ1) is 14.7. The molecule has 3 aromatic rings. The number of benzene rings is 1. The lowest BCUT2D eigenvalue weighted by atomic mass is 10.2. The predicted octanol–water partition coefficient (Wildman–Crippen LogP) is 4.35. The Morgan fingerprint density at radius 3 is 2.90 bits per heavy atom. The van der Waals surface area contributed by atoms with Crippen LogP contribution < -0.4 is 9.62 Å². The number of likely N-dealkylation sites (N-methyl/N-ethyl adjacent to an activating group) is 1. The maximum atomic E-state index is 14.8. The molecule has 0 bridgehead atoms. The maximum absolute atomic E-state index is 14.8. The van der Waals surface area contributed by atoms with Crippen LogP contribution in [0.2, 0.25) is 5.02 Å². The number of nitrogens with zero attached hydrogens (tertiary/aromatic N) is 3. The lowest BCUT2D eigenvalue weighted by molar-refractivity contribution is 0.291. The molecule has 1 fully saturated rings. The molecule has 1 unspecified atom stereocenters. The molecule has 1 N–H and O–H groups in total. The van der Waals surface area contributed by atoms with Crippen LogP contribution in [-0.4, -0.2) is 44.5 Å². The Kier molecular flexibility index (Phi) is 6.25. The van der Waals surface area contributed by atoms with Gasteiger partial charge in [0.25, 0.3) is 10.0 Å². The van der Waals surface area contributed by atoms with E-state index >= 15 is 0 Å². The molecular weight excluding hydrogens is 463 g/mol. The van der Waals surface area contributed by atoms with Crippen molar-refractivity contribution in [3.63, 3.8) is 0 Å². The minimum absolute atomic E-state index is 0.114. The molecule has 0 spiro atoms. The number of aryl methyl sites for hydroxylation is 1. The van der Waals surface area contributed by atoms with Crippen LogP contribution in [0.3, 0.4) is 0 Å². The number of likely N-dealkylation sites (tertiary alicyclic amines) is 1. The molecular formula is C20H22ClFN4O3S2. The summed E-state index contributed by atoms with van der Waals surface area (Å²) in [5.41, 5.74) is 1.93. The number of furan rings is 1. The van der Waals surface area contributed by atoms with Gasteiger partial charge < -0.3 is 9.32 Å². The van der Waals surface area contributed by atoms with Gasteiger partial charge in [-0.3, -0.25) is 9.62 Å². The number of hydrogen-bond donors (Lipinski definition) is 1. The summed E-state index contributed by atoms with van der Waals surface area (Å²) < 4.78 is 47.8. The Labute approximate surface area is 189 Å². The van der Waals surface area contributed by atoms with E-state index < -0.39 is 20.7 Å². The van der Waals surface area contributed by atoms with E-state index in [0.717, 1.165) is 37.1 Å². The third kappa shape index (κ3) is 4.87. The van der Waals surface area contributed by atoms with Gasteiger partial charge in [-0.1, -0.05) is 11.6 Å². The van der Waals surface area contributed by atoms with E-state index in [2.05, 4.69) is 14.6 Å². The van der Waals surface area contributed by atoms with E-state index in [0.29, 0.717) is 12.2 Å². The van der Waals surface area contributed by atoms with E-state index in [4.69, 9.17) is 16.0 Å². The molecule has 0 aliphatic carbocycles. The van der Waals surface area contributed by atoms with Gasteiger partial charge in [0.2, 0.25) is 0 Å². The number of nitrogens with one attached hydrogen (secondary N) is 1. The van der Waals surface area contributed by atoms with Crippen molar-refractivity contribution in [3.8, 4) is 0 Å². The van der Waals surface area contributed by atoms with Gasteiger partial charge in [-0.15, -0.1) is 11.3 Å². The van der Waals surface area contributed by atoms with E-state index in [-0.39, 0.29) is 16.9 Å². The molecule has 1 saturated heterocycles. The summed E-state index contributed by atoms with van der Waals surface area (Å²) in [5.74, 6) is 1.06. The molecule has 7 nitrogen and oxygen atoms in total. The number of anilines is 2. The van der Waals surface area contributed by atoms with Crippen LogP contribution in [0.1, 0.15) is 17.9 Å². The van der Waals surface area contributed by atoms with Crippen LogP contribution >= 0.6 is 22.9 Å². The van der Waals surface area contributed by atoms with Crippen molar-refractivity contribution in [2.45, 2.75) is 30.8 Å². The number of sulfonamides is 1. The SMILES string of the molecule is Cc1ccc(CN2CCC(N(C)c3cc(F)c(S(=O)(=O)Nc4cscn4)cc3Cl)C2)o1. The van der Waals surface area contributed by atoms with E-state index in [9.17, 15) is 12.8 Å².